The van der Waals surface area contributed by atoms with E-state index in [-0.39, 0.29) is 0 Å². The molecule has 0 saturated heterocycles. The summed E-state index contributed by atoms with van der Waals surface area (Å²) in [4.78, 5) is 0. The van der Waals surface area contributed by atoms with Gasteiger partial charge in [-0.25, -0.2) is 0 Å². The Morgan fingerprint density at radius 1 is 1.00 bits per heavy atom. The van der Waals surface area contributed by atoms with Crippen molar-refractivity contribution in [1.29, 1.82) is 0 Å². The standard InChI is InChI=1S/C10H22O2Si/c1-11-8-13(9-12-2)10-6-4-3-5-7-10/h10,13H,3-9H2,1-2H3. The van der Waals surface area contributed by atoms with Gasteiger partial charge in [0.15, 0.2) is 0 Å². The third-order valence-electron chi connectivity index (χ3n) is 3.08. The van der Waals surface area contributed by atoms with Crippen LogP contribution in [0.1, 0.15) is 32.1 Å². The lowest BCUT2D eigenvalue weighted by Crippen LogP contribution is -2.33. The fourth-order valence-corrected chi connectivity index (χ4v) is 5.27. The second-order valence-corrected chi connectivity index (χ2v) is 7.20. The molecule has 2 nitrogen and oxygen atoms in total. The summed E-state index contributed by atoms with van der Waals surface area (Å²) in [5.74, 6) is 0. The summed E-state index contributed by atoms with van der Waals surface area (Å²) in [5, 5.41) is 0. The van der Waals surface area contributed by atoms with Crippen molar-refractivity contribution in [3.05, 3.63) is 0 Å². The van der Waals surface area contributed by atoms with E-state index in [2.05, 4.69) is 0 Å². The minimum Gasteiger partial charge on any atom is -0.388 e. The molecule has 3 heteroatoms. The summed E-state index contributed by atoms with van der Waals surface area (Å²) in [7, 11) is 2.88. The summed E-state index contributed by atoms with van der Waals surface area (Å²) in [6, 6.07) is 0. The highest BCUT2D eigenvalue weighted by molar-refractivity contribution is 6.60. The zero-order chi connectivity index (χ0) is 9.52. The van der Waals surface area contributed by atoms with Crippen molar-refractivity contribution in [3.63, 3.8) is 0 Å². The number of hydrogen-bond donors (Lipinski definition) is 0. The molecule has 13 heavy (non-hydrogen) atoms. The number of methoxy groups -OCH3 is 2. The van der Waals surface area contributed by atoms with Crippen LogP contribution in [-0.2, 0) is 9.47 Å². The molecule has 0 spiro atoms. The van der Waals surface area contributed by atoms with Crippen LogP contribution in [0, 0.1) is 0 Å². The van der Waals surface area contributed by atoms with Crippen LogP contribution in [0.25, 0.3) is 0 Å². The van der Waals surface area contributed by atoms with E-state index in [0.29, 0.717) is 0 Å². The molecule has 0 bridgehead atoms. The molecule has 78 valence electrons. The Hall–Kier alpha value is 0.137. The van der Waals surface area contributed by atoms with Crippen molar-refractivity contribution in [3.8, 4) is 0 Å². The Balaban J connectivity index is 2.32. The minimum absolute atomic E-state index is 0.760. The van der Waals surface area contributed by atoms with E-state index in [9.17, 15) is 0 Å². The highest BCUT2D eigenvalue weighted by Crippen LogP contribution is 2.31. The van der Waals surface area contributed by atoms with Gasteiger partial charge in [-0.1, -0.05) is 32.1 Å². The average Bonchev–Trinajstić information content (AvgIpc) is 2.19. The Morgan fingerprint density at radius 2 is 1.54 bits per heavy atom. The van der Waals surface area contributed by atoms with Gasteiger partial charge in [-0.05, 0) is 5.54 Å². The quantitative estimate of drug-likeness (QED) is 0.634. The zero-order valence-electron chi connectivity index (χ0n) is 8.92. The van der Waals surface area contributed by atoms with Gasteiger partial charge in [0, 0.05) is 26.7 Å². The van der Waals surface area contributed by atoms with Gasteiger partial charge in [-0.2, -0.15) is 0 Å². The second-order valence-electron chi connectivity index (χ2n) is 4.07. The van der Waals surface area contributed by atoms with Gasteiger partial charge >= 0.3 is 0 Å². The topological polar surface area (TPSA) is 18.5 Å². The van der Waals surface area contributed by atoms with Crippen LogP contribution in [0.15, 0.2) is 0 Å². The maximum atomic E-state index is 5.29. The predicted octanol–water partition coefficient (Wildman–Crippen LogP) is 1.92. The van der Waals surface area contributed by atoms with Crippen molar-refractivity contribution in [2.45, 2.75) is 37.6 Å². The first-order valence-electron chi connectivity index (χ1n) is 5.36. The molecule has 0 aromatic carbocycles. The van der Waals surface area contributed by atoms with Crippen LogP contribution < -0.4 is 0 Å². The van der Waals surface area contributed by atoms with Gasteiger partial charge < -0.3 is 9.47 Å². The van der Waals surface area contributed by atoms with Gasteiger partial charge in [0.25, 0.3) is 0 Å². The molecule has 0 amide bonds. The van der Waals surface area contributed by atoms with Crippen molar-refractivity contribution in [2.24, 2.45) is 0 Å². The summed E-state index contributed by atoms with van der Waals surface area (Å²) >= 11 is 0. The van der Waals surface area contributed by atoms with Crippen LogP contribution in [0.4, 0.5) is 0 Å². The molecule has 0 aliphatic heterocycles. The molecule has 0 heterocycles. The molecule has 1 rings (SSSR count). The lowest BCUT2D eigenvalue weighted by molar-refractivity contribution is 0.217. The Labute approximate surface area is 83.2 Å². The van der Waals surface area contributed by atoms with E-state index in [1.807, 2.05) is 14.2 Å². The summed E-state index contributed by atoms with van der Waals surface area (Å²) in [5.41, 5.74) is 0.980. The van der Waals surface area contributed by atoms with Gasteiger partial charge in [0.2, 0.25) is 0 Å². The fraction of sp³-hybridized carbons (Fsp3) is 1.00. The molecule has 0 radical (unpaired) electrons. The number of hydrogen-bond acceptors (Lipinski definition) is 2. The highest BCUT2D eigenvalue weighted by Gasteiger charge is 2.24. The van der Waals surface area contributed by atoms with Gasteiger partial charge in [0.05, 0.1) is 0 Å². The van der Waals surface area contributed by atoms with E-state index in [0.717, 1.165) is 18.0 Å². The Kier molecular flexibility index (Phi) is 5.67. The molecule has 0 atom stereocenters. The summed E-state index contributed by atoms with van der Waals surface area (Å²) in [6.07, 6.45) is 9.17. The molecule has 1 saturated carbocycles. The molecular weight excluding hydrogens is 180 g/mol. The predicted molar refractivity (Wildman–Crippen MR) is 57.7 cm³/mol. The van der Waals surface area contributed by atoms with E-state index >= 15 is 0 Å². The van der Waals surface area contributed by atoms with Crippen molar-refractivity contribution in [2.75, 3.05) is 26.7 Å². The SMILES string of the molecule is COC[SiH](COC)C1CCCCC1. The highest BCUT2D eigenvalue weighted by atomic mass is 28.3. The minimum atomic E-state index is -0.760. The van der Waals surface area contributed by atoms with Crippen LogP contribution in [-0.4, -0.2) is 35.5 Å². The average molecular weight is 202 g/mol. The first-order valence-corrected chi connectivity index (χ1v) is 7.66. The van der Waals surface area contributed by atoms with Gasteiger partial charge in [-0.3, -0.25) is 0 Å². The van der Waals surface area contributed by atoms with E-state index in [1.54, 1.807) is 0 Å². The maximum absolute atomic E-state index is 5.29. The van der Waals surface area contributed by atoms with Crippen LogP contribution in [0.5, 0.6) is 0 Å². The zero-order valence-corrected chi connectivity index (χ0v) is 10.1. The third-order valence-corrected chi connectivity index (χ3v) is 6.60. The van der Waals surface area contributed by atoms with Crippen molar-refractivity contribution < 1.29 is 9.47 Å². The first kappa shape index (κ1) is 11.2. The number of rotatable bonds is 5. The maximum Gasteiger partial charge on any atom is 0.100 e. The van der Waals surface area contributed by atoms with E-state index in [4.69, 9.17) is 9.47 Å². The van der Waals surface area contributed by atoms with Crippen LogP contribution in [0.3, 0.4) is 0 Å². The van der Waals surface area contributed by atoms with Gasteiger partial charge in [-0.15, -0.1) is 0 Å². The van der Waals surface area contributed by atoms with Crippen LogP contribution >= 0.6 is 0 Å². The monoisotopic (exact) mass is 202 g/mol. The lowest BCUT2D eigenvalue weighted by Gasteiger charge is -2.28. The van der Waals surface area contributed by atoms with Gasteiger partial charge in [0.1, 0.15) is 8.80 Å². The lowest BCUT2D eigenvalue weighted by atomic mass is 10.0. The molecule has 1 aliphatic rings. The normalized spacial score (nSPS) is 19.6. The second kappa shape index (κ2) is 6.57. The molecular formula is C10H22O2Si. The molecule has 1 aliphatic carbocycles. The summed E-state index contributed by atoms with van der Waals surface area (Å²) in [6.45, 7) is 0. The third kappa shape index (κ3) is 3.79. The van der Waals surface area contributed by atoms with Crippen LogP contribution in [0.2, 0.25) is 5.54 Å². The summed E-state index contributed by atoms with van der Waals surface area (Å²) < 4.78 is 10.6. The Morgan fingerprint density at radius 3 is 2.00 bits per heavy atom. The van der Waals surface area contributed by atoms with Crippen molar-refractivity contribution >= 4 is 8.80 Å². The first-order chi connectivity index (χ1) is 6.38. The number of ether oxygens (including phenoxy) is 2. The van der Waals surface area contributed by atoms with Crippen molar-refractivity contribution in [1.82, 2.24) is 0 Å². The smallest absolute Gasteiger partial charge is 0.100 e. The largest absolute Gasteiger partial charge is 0.388 e. The fourth-order valence-electron chi connectivity index (χ4n) is 2.35. The molecule has 0 aromatic heterocycles. The molecule has 1 fully saturated rings. The van der Waals surface area contributed by atoms with E-state index in [1.165, 1.54) is 32.1 Å². The Bertz CT molecular complexity index is 118. The molecule has 0 aromatic rings. The molecule has 0 N–H and O–H groups in total. The van der Waals surface area contributed by atoms with E-state index < -0.39 is 8.80 Å². The molecule has 0 unspecified atom stereocenters.